The number of hydrogen-bond donors (Lipinski definition) is 1. The molecule has 94 valence electrons. The van der Waals surface area contributed by atoms with Crippen molar-refractivity contribution in [1.29, 1.82) is 0 Å². The second-order valence-corrected chi connectivity index (χ2v) is 4.53. The largest absolute Gasteiger partial charge is 0.378 e. The summed E-state index contributed by atoms with van der Waals surface area (Å²) < 4.78 is 27.0. The molecule has 0 bridgehead atoms. The van der Waals surface area contributed by atoms with Crippen LogP contribution in [0.4, 0.5) is 14.5 Å². The molecule has 0 spiro atoms. The molecule has 0 amide bonds. The van der Waals surface area contributed by atoms with E-state index in [1.807, 2.05) is 0 Å². The van der Waals surface area contributed by atoms with Gasteiger partial charge in [-0.2, -0.15) is 0 Å². The minimum atomic E-state index is -0.499. The third kappa shape index (κ3) is 2.92. The van der Waals surface area contributed by atoms with Crippen LogP contribution in [0.2, 0.25) is 10.0 Å². The van der Waals surface area contributed by atoms with Crippen LogP contribution < -0.4 is 5.32 Å². The maximum Gasteiger partial charge on any atom is 0.147 e. The van der Waals surface area contributed by atoms with E-state index in [0.29, 0.717) is 10.6 Å². The van der Waals surface area contributed by atoms with E-state index in [4.69, 9.17) is 23.2 Å². The fourth-order valence-corrected chi connectivity index (χ4v) is 1.86. The Labute approximate surface area is 113 Å². The summed E-state index contributed by atoms with van der Waals surface area (Å²) >= 11 is 11.3. The Morgan fingerprint density at radius 2 is 1.83 bits per heavy atom. The van der Waals surface area contributed by atoms with Crippen LogP contribution in [0, 0.1) is 11.6 Å². The Morgan fingerprint density at radius 1 is 1.06 bits per heavy atom. The fraction of sp³-hybridized carbons (Fsp3) is 0.0769. The van der Waals surface area contributed by atoms with Crippen molar-refractivity contribution in [3.8, 4) is 0 Å². The second-order valence-electron chi connectivity index (χ2n) is 3.69. The van der Waals surface area contributed by atoms with Crippen molar-refractivity contribution in [2.45, 2.75) is 6.54 Å². The lowest BCUT2D eigenvalue weighted by Crippen LogP contribution is -2.03. The van der Waals surface area contributed by atoms with Crippen LogP contribution in [-0.4, -0.2) is 0 Å². The Balaban J connectivity index is 2.14. The lowest BCUT2D eigenvalue weighted by molar-refractivity contribution is 0.611. The van der Waals surface area contributed by atoms with Crippen molar-refractivity contribution >= 4 is 28.9 Å². The number of rotatable bonds is 3. The summed E-state index contributed by atoms with van der Waals surface area (Å²) in [6.45, 7) is 0.144. The first-order valence-electron chi connectivity index (χ1n) is 5.20. The zero-order valence-corrected chi connectivity index (χ0v) is 10.7. The molecule has 0 atom stereocenters. The van der Waals surface area contributed by atoms with Crippen LogP contribution in [0.1, 0.15) is 5.56 Å². The van der Waals surface area contributed by atoms with Crippen LogP contribution in [-0.2, 0) is 6.54 Å². The lowest BCUT2D eigenvalue weighted by Gasteiger charge is -2.09. The first-order valence-corrected chi connectivity index (χ1v) is 5.95. The van der Waals surface area contributed by atoms with Crippen molar-refractivity contribution in [3.63, 3.8) is 0 Å². The van der Waals surface area contributed by atoms with Crippen molar-refractivity contribution in [3.05, 3.63) is 63.6 Å². The molecular weight excluding hydrogens is 279 g/mol. The molecule has 0 aliphatic carbocycles. The molecule has 0 fully saturated rings. The van der Waals surface area contributed by atoms with Gasteiger partial charge in [-0.25, -0.2) is 8.78 Å². The van der Waals surface area contributed by atoms with Gasteiger partial charge < -0.3 is 5.32 Å². The van der Waals surface area contributed by atoms with Crippen LogP contribution >= 0.6 is 23.2 Å². The minimum absolute atomic E-state index is 0.0471. The second kappa shape index (κ2) is 5.55. The van der Waals surface area contributed by atoms with Gasteiger partial charge in [0.25, 0.3) is 0 Å². The maximum atomic E-state index is 13.6. The zero-order chi connectivity index (χ0) is 13.1. The highest BCUT2D eigenvalue weighted by atomic mass is 35.5. The maximum absolute atomic E-state index is 13.6. The topological polar surface area (TPSA) is 12.0 Å². The Hall–Kier alpha value is -1.32. The van der Waals surface area contributed by atoms with Gasteiger partial charge in [0.15, 0.2) is 0 Å². The molecule has 2 aromatic carbocycles. The van der Waals surface area contributed by atoms with E-state index in [1.165, 1.54) is 18.2 Å². The van der Waals surface area contributed by atoms with Gasteiger partial charge in [-0.3, -0.25) is 0 Å². The summed E-state index contributed by atoms with van der Waals surface area (Å²) in [5.41, 5.74) is 0.635. The normalized spacial score (nSPS) is 10.4. The van der Waals surface area contributed by atoms with Crippen molar-refractivity contribution in [2.75, 3.05) is 5.32 Å². The molecule has 2 rings (SSSR count). The zero-order valence-electron chi connectivity index (χ0n) is 9.18. The van der Waals surface area contributed by atoms with E-state index < -0.39 is 11.6 Å². The van der Waals surface area contributed by atoms with Crippen LogP contribution in [0.15, 0.2) is 36.4 Å². The Morgan fingerprint density at radius 3 is 2.56 bits per heavy atom. The molecule has 5 heteroatoms. The van der Waals surface area contributed by atoms with Crippen LogP contribution in [0.3, 0.4) is 0 Å². The van der Waals surface area contributed by atoms with E-state index >= 15 is 0 Å². The quantitative estimate of drug-likeness (QED) is 0.848. The van der Waals surface area contributed by atoms with E-state index in [-0.39, 0.29) is 17.3 Å². The van der Waals surface area contributed by atoms with Gasteiger partial charge in [-0.15, -0.1) is 0 Å². The van der Waals surface area contributed by atoms with Crippen LogP contribution in [0.25, 0.3) is 0 Å². The average Bonchev–Trinajstić information content (AvgIpc) is 2.33. The van der Waals surface area contributed by atoms with E-state index in [0.717, 1.165) is 0 Å². The van der Waals surface area contributed by atoms with Gasteiger partial charge in [-0.1, -0.05) is 35.3 Å². The van der Waals surface area contributed by atoms with Gasteiger partial charge in [0.05, 0.1) is 10.7 Å². The molecule has 0 saturated carbocycles. The summed E-state index contributed by atoms with van der Waals surface area (Å²) in [6.07, 6.45) is 0. The summed E-state index contributed by atoms with van der Waals surface area (Å²) in [5.74, 6) is -0.981. The van der Waals surface area contributed by atoms with Crippen molar-refractivity contribution in [2.24, 2.45) is 0 Å². The van der Waals surface area contributed by atoms with Gasteiger partial charge >= 0.3 is 0 Å². The lowest BCUT2D eigenvalue weighted by atomic mass is 10.2. The molecule has 1 N–H and O–H groups in total. The van der Waals surface area contributed by atoms with E-state index in [2.05, 4.69) is 5.32 Å². The van der Waals surface area contributed by atoms with Gasteiger partial charge in [0, 0.05) is 17.1 Å². The number of benzene rings is 2. The summed E-state index contributed by atoms with van der Waals surface area (Å²) in [6, 6.07) is 8.94. The molecule has 0 aromatic heterocycles. The number of hydrogen-bond acceptors (Lipinski definition) is 1. The predicted octanol–water partition coefficient (Wildman–Crippen LogP) is 4.88. The summed E-state index contributed by atoms with van der Waals surface area (Å²) in [7, 11) is 0. The van der Waals surface area contributed by atoms with Crippen molar-refractivity contribution in [1.82, 2.24) is 0 Å². The fourth-order valence-electron chi connectivity index (χ4n) is 1.51. The highest BCUT2D eigenvalue weighted by molar-refractivity contribution is 6.31. The molecule has 0 unspecified atom stereocenters. The molecule has 2 aromatic rings. The van der Waals surface area contributed by atoms with Gasteiger partial charge in [0.1, 0.15) is 11.6 Å². The molecule has 18 heavy (non-hydrogen) atoms. The first kappa shape index (κ1) is 13.1. The summed E-state index contributed by atoms with van der Waals surface area (Å²) in [5, 5.41) is 3.15. The third-order valence-corrected chi connectivity index (χ3v) is 2.96. The highest BCUT2D eigenvalue weighted by Crippen LogP contribution is 2.22. The monoisotopic (exact) mass is 287 g/mol. The van der Waals surface area contributed by atoms with Gasteiger partial charge in [0.2, 0.25) is 0 Å². The van der Waals surface area contributed by atoms with Gasteiger partial charge in [-0.05, 0) is 24.3 Å². The van der Waals surface area contributed by atoms with E-state index in [9.17, 15) is 8.78 Å². The average molecular weight is 288 g/mol. The Bertz CT molecular complexity index is 573. The summed E-state index contributed by atoms with van der Waals surface area (Å²) in [4.78, 5) is 0. The molecule has 0 radical (unpaired) electrons. The first-order chi connectivity index (χ1) is 8.58. The Kier molecular flexibility index (Phi) is 4.04. The number of anilines is 1. The molecule has 0 saturated heterocycles. The molecule has 1 nitrogen and oxygen atoms in total. The smallest absolute Gasteiger partial charge is 0.147 e. The standard InChI is InChI=1S/C13H9Cl2F2N/c14-9-4-5-12(11(16)6-9)18-7-8-2-1-3-10(15)13(8)17/h1-6,18H,7H2. The third-order valence-electron chi connectivity index (χ3n) is 2.43. The highest BCUT2D eigenvalue weighted by Gasteiger charge is 2.07. The molecule has 0 aliphatic heterocycles. The molecule has 0 aliphatic rings. The minimum Gasteiger partial charge on any atom is -0.378 e. The number of nitrogens with one attached hydrogen (secondary N) is 1. The van der Waals surface area contributed by atoms with Crippen molar-refractivity contribution < 1.29 is 8.78 Å². The number of halogens is 4. The molecule has 0 heterocycles. The van der Waals surface area contributed by atoms with E-state index in [1.54, 1.807) is 18.2 Å². The SMILES string of the molecule is Fc1cc(Cl)ccc1NCc1cccc(Cl)c1F. The van der Waals surface area contributed by atoms with Crippen LogP contribution in [0.5, 0.6) is 0 Å². The molecular formula is C13H9Cl2F2N. The predicted molar refractivity (Wildman–Crippen MR) is 70.1 cm³/mol.